The van der Waals surface area contributed by atoms with E-state index in [9.17, 15) is 9.18 Å². The average molecular weight is 365 g/mol. The van der Waals surface area contributed by atoms with Crippen LogP contribution in [0.5, 0.6) is 0 Å². The van der Waals surface area contributed by atoms with Crippen LogP contribution in [0, 0.1) is 5.82 Å². The Hall–Kier alpha value is -2.88. The quantitative estimate of drug-likeness (QED) is 0.565. The van der Waals surface area contributed by atoms with E-state index >= 15 is 0 Å². The van der Waals surface area contributed by atoms with Crippen LogP contribution in [0.2, 0.25) is 0 Å². The minimum Gasteiger partial charge on any atom is -0.459 e. The van der Waals surface area contributed by atoms with Gasteiger partial charge in [-0.25, -0.2) is 4.39 Å². The van der Waals surface area contributed by atoms with Crippen LogP contribution in [0.15, 0.2) is 73.1 Å². The first-order valence-corrected chi connectivity index (χ1v) is 9.02. The predicted octanol–water partition coefficient (Wildman–Crippen LogP) is 5.42. The second kappa shape index (κ2) is 7.78. The molecule has 0 spiro atoms. The molecule has 2 aromatic carbocycles. The Balaban J connectivity index is 1.94. The number of aromatic nitrogens is 1. The molecule has 0 N–H and O–H groups in total. The van der Waals surface area contributed by atoms with Gasteiger partial charge in [-0.3, -0.25) is 4.79 Å². The molecule has 0 aliphatic carbocycles. The van der Waals surface area contributed by atoms with Crippen molar-refractivity contribution < 1.29 is 13.9 Å². The highest BCUT2D eigenvalue weighted by atomic mass is 19.1. The van der Waals surface area contributed by atoms with Gasteiger partial charge in [0.25, 0.3) is 0 Å². The lowest BCUT2D eigenvalue weighted by atomic mass is 9.95. The lowest BCUT2D eigenvalue weighted by Gasteiger charge is -2.25. The van der Waals surface area contributed by atoms with Crippen molar-refractivity contribution >= 4 is 5.97 Å². The van der Waals surface area contributed by atoms with Gasteiger partial charge in [-0.05, 0) is 50.1 Å². The molecule has 27 heavy (non-hydrogen) atoms. The number of hydrogen-bond donors (Lipinski definition) is 0. The highest BCUT2D eigenvalue weighted by Crippen LogP contribution is 2.29. The number of hydrogen-bond acceptors (Lipinski definition) is 2. The molecule has 0 saturated carbocycles. The molecule has 0 bridgehead atoms. The summed E-state index contributed by atoms with van der Waals surface area (Å²) in [6, 6.07) is 18.1. The van der Waals surface area contributed by atoms with Gasteiger partial charge in [-0.15, -0.1) is 0 Å². The lowest BCUT2D eigenvalue weighted by Crippen LogP contribution is -2.29. The Labute approximate surface area is 159 Å². The number of nitrogens with zero attached hydrogens (tertiary/aromatic N) is 1. The minimum absolute atomic E-state index is 0.347. The Morgan fingerprint density at radius 1 is 1.04 bits per heavy atom. The molecule has 1 heterocycles. The summed E-state index contributed by atoms with van der Waals surface area (Å²) in [5.74, 6) is -1.29. The van der Waals surface area contributed by atoms with Crippen LogP contribution in [0.1, 0.15) is 32.3 Å². The summed E-state index contributed by atoms with van der Waals surface area (Å²) in [5, 5.41) is 0. The van der Waals surface area contributed by atoms with Crippen LogP contribution in [0.4, 0.5) is 4.39 Å². The van der Waals surface area contributed by atoms with E-state index in [0.29, 0.717) is 17.7 Å². The van der Waals surface area contributed by atoms with E-state index in [4.69, 9.17) is 4.74 Å². The van der Waals surface area contributed by atoms with Crippen LogP contribution < -0.4 is 0 Å². The van der Waals surface area contributed by atoms with Crippen molar-refractivity contribution in [2.45, 2.75) is 38.8 Å². The maximum atomic E-state index is 14.8. The van der Waals surface area contributed by atoms with Crippen LogP contribution in [-0.4, -0.2) is 16.1 Å². The lowest BCUT2D eigenvalue weighted by molar-refractivity contribution is -0.157. The zero-order valence-electron chi connectivity index (χ0n) is 15.9. The van der Waals surface area contributed by atoms with Gasteiger partial charge in [0, 0.05) is 24.5 Å². The van der Waals surface area contributed by atoms with Gasteiger partial charge in [-0.1, -0.05) is 42.5 Å². The van der Waals surface area contributed by atoms with Gasteiger partial charge in [-0.2, -0.15) is 0 Å². The number of carbonyl (C=O) groups is 1. The van der Waals surface area contributed by atoms with E-state index in [0.717, 1.165) is 5.56 Å². The van der Waals surface area contributed by atoms with E-state index in [1.807, 2.05) is 86.3 Å². The molecule has 3 rings (SSSR count). The Morgan fingerprint density at radius 3 is 2.30 bits per heavy atom. The molecule has 140 valence electrons. The largest absolute Gasteiger partial charge is 0.459 e. The number of halogens is 1. The van der Waals surface area contributed by atoms with Gasteiger partial charge < -0.3 is 9.30 Å². The molecule has 0 amide bonds. The van der Waals surface area contributed by atoms with Crippen molar-refractivity contribution in [1.82, 2.24) is 4.57 Å². The van der Waals surface area contributed by atoms with Crippen LogP contribution in [0.25, 0.3) is 11.1 Å². The first-order chi connectivity index (χ1) is 12.8. The average Bonchev–Trinajstić information content (AvgIpc) is 3.12. The molecule has 0 aliphatic rings. The molecule has 0 aliphatic heterocycles. The molecular weight excluding hydrogens is 341 g/mol. The first-order valence-electron chi connectivity index (χ1n) is 9.02. The Morgan fingerprint density at radius 2 is 1.70 bits per heavy atom. The molecule has 1 aromatic heterocycles. The zero-order chi connectivity index (χ0) is 19.4. The number of rotatable bonds is 5. The van der Waals surface area contributed by atoms with Crippen molar-refractivity contribution in [1.29, 1.82) is 0 Å². The highest BCUT2D eigenvalue weighted by Gasteiger charge is 2.27. The van der Waals surface area contributed by atoms with E-state index in [1.165, 1.54) is 6.07 Å². The maximum absolute atomic E-state index is 14.8. The van der Waals surface area contributed by atoms with Crippen molar-refractivity contribution in [3.8, 4) is 11.1 Å². The fourth-order valence-electron chi connectivity index (χ4n) is 2.99. The fraction of sp³-hybridized carbons (Fsp3) is 0.261. The number of benzene rings is 2. The minimum atomic E-state index is -0.603. The molecule has 1 atom stereocenters. The van der Waals surface area contributed by atoms with Crippen LogP contribution in [0.3, 0.4) is 0 Å². The van der Waals surface area contributed by atoms with Gasteiger partial charge >= 0.3 is 5.97 Å². The summed E-state index contributed by atoms with van der Waals surface area (Å²) in [4.78, 5) is 12.8. The standard InChI is InChI=1S/C23H24FNO2/c1-23(2,3)27-22(26)20(16-25-13-7-8-14-25)18-11-12-19(21(24)15-18)17-9-5-4-6-10-17/h4-15,20H,16H2,1-3H3. The number of esters is 1. The van der Waals surface area contributed by atoms with Gasteiger partial charge in [0.15, 0.2) is 0 Å². The predicted molar refractivity (Wildman–Crippen MR) is 105 cm³/mol. The summed E-state index contributed by atoms with van der Waals surface area (Å²) >= 11 is 0. The smallest absolute Gasteiger partial charge is 0.315 e. The zero-order valence-corrected chi connectivity index (χ0v) is 15.9. The third-order valence-corrected chi connectivity index (χ3v) is 4.23. The maximum Gasteiger partial charge on any atom is 0.315 e. The topological polar surface area (TPSA) is 31.2 Å². The van der Waals surface area contributed by atoms with E-state index in [1.54, 1.807) is 6.07 Å². The third kappa shape index (κ3) is 4.85. The van der Waals surface area contributed by atoms with Gasteiger partial charge in [0.2, 0.25) is 0 Å². The highest BCUT2D eigenvalue weighted by molar-refractivity contribution is 5.79. The molecular formula is C23H24FNO2. The van der Waals surface area contributed by atoms with E-state index in [-0.39, 0.29) is 11.8 Å². The molecule has 1 unspecified atom stereocenters. The summed E-state index contributed by atoms with van der Waals surface area (Å²) in [7, 11) is 0. The normalized spacial score (nSPS) is 12.6. The second-order valence-electron chi connectivity index (χ2n) is 7.57. The first kappa shape index (κ1) is 18.9. The Bertz CT molecular complexity index is 896. The summed E-state index contributed by atoms with van der Waals surface area (Å²) < 4.78 is 22.3. The second-order valence-corrected chi connectivity index (χ2v) is 7.57. The molecule has 4 heteroatoms. The summed E-state index contributed by atoms with van der Waals surface area (Å²) in [5.41, 5.74) is 1.33. The van der Waals surface area contributed by atoms with Crippen molar-refractivity contribution in [2.75, 3.05) is 0 Å². The third-order valence-electron chi connectivity index (χ3n) is 4.23. The molecule has 0 fully saturated rings. The summed E-state index contributed by atoms with van der Waals surface area (Å²) in [6.07, 6.45) is 3.76. The summed E-state index contributed by atoms with van der Waals surface area (Å²) in [6.45, 7) is 5.89. The van der Waals surface area contributed by atoms with Crippen molar-refractivity contribution in [3.63, 3.8) is 0 Å². The molecule has 0 radical (unpaired) electrons. The van der Waals surface area contributed by atoms with E-state index in [2.05, 4.69) is 0 Å². The van der Waals surface area contributed by atoms with E-state index < -0.39 is 11.5 Å². The number of carbonyl (C=O) groups excluding carboxylic acids is 1. The van der Waals surface area contributed by atoms with Gasteiger partial charge in [0.05, 0.1) is 5.92 Å². The van der Waals surface area contributed by atoms with Crippen LogP contribution >= 0.6 is 0 Å². The van der Waals surface area contributed by atoms with Crippen LogP contribution in [-0.2, 0) is 16.1 Å². The van der Waals surface area contributed by atoms with Crippen molar-refractivity contribution in [3.05, 3.63) is 84.4 Å². The SMILES string of the molecule is CC(C)(C)OC(=O)C(Cn1cccc1)c1ccc(-c2ccccc2)c(F)c1. The fourth-order valence-corrected chi connectivity index (χ4v) is 2.99. The molecule has 0 saturated heterocycles. The monoisotopic (exact) mass is 365 g/mol. The molecule has 3 nitrogen and oxygen atoms in total. The van der Waals surface area contributed by atoms with Crippen molar-refractivity contribution in [2.24, 2.45) is 0 Å². The number of ether oxygens (including phenoxy) is 1. The Kier molecular flexibility index (Phi) is 5.45. The van der Waals surface area contributed by atoms with Gasteiger partial charge in [0.1, 0.15) is 11.4 Å². The molecule has 3 aromatic rings.